The molecule has 0 saturated carbocycles. The van der Waals surface area contributed by atoms with Crippen LogP contribution < -0.4 is 4.74 Å². The van der Waals surface area contributed by atoms with Crippen molar-refractivity contribution in [3.8, 4) is 17.0 Å². The van der Waals surface area contributed by atoms with Crippen molar-refractivity contribution in [1.29, 1.82) is 0 Å². The number of thioether (sulfide) groups is 1. The Hall–Kier alpha value is -3.26. The highest BCUT2D eigenvalue weighted by Crippen LogP contribution is 2.21. The van der Waals surface area contributed by atoms with Gasteiger partial charge in [0, 0.05) is 23.5 Å². The van der Waals surface area contributed by atoms with Gasteiger partial charge >= 0.3 is 0 Å². The van der Waals surface area contributed by atoms with Gasteiger partial charge in [0.25, 0.3) is 0 Å². The molecular formula is C19H15N5O2S. The summed E-state index contributed by atoms with van der Waals surface area (Å²) >= 11 is 1.30. The zero-order valence-electron chi connectivity index (χ0n) is 14.4. The molecule has 0 bridgehead atoms. The lowest BCUT2D eigenvalue weighted by atomic mass is 10.1. The predicted octanol–water partition coefficient (Wildman–Crippen LogP) is 3.17. The second-order valence-electron chi connectivity index (χ2n) is 5.66. The molecule has 0 spiro atoms. The summed E-state index contributed by atoms with van der Waals surface area (Å²) < 4.78 is 6.81. The quantitative estimate of drug-likeness (QED) is 0.377. The molecule has 0 aliphatic heterocycles. The van der Waals surface area contributed by atoms with Gasteiger partial charge in [0.2, 0.25) is 5.16 Å². The zero-order chi connectivity index (χ0) is 18.6. The van der Waals surface area contributed by atoms with E-state index in [-0.39, 0.29) is 11.5 Å². The van der Waals surface area contributed by atoms with Crippen molar-refractivity contribution >= 4 is 23.2 Å². The molecule has 0 atom stereocenters. The minimum absolute atomic E-state index is 0.0148. The van der Waals surface area contributed by atoms with E-state index in [9.17, 15) is 4.79 Å². The molecule has 0 aliphatic rings. The summed E-state index contributed by atoms with van der Waals surface area (Å²) in [4.78, 5) is 16.6. The first kappa shape index (κ1) is 17.2. The number of ether oxygens (including phenoxy) is 1. The van der Waals surface area contributed by atoms with Gasteiger partial charge in [-0.15, -0.1) is 10.2 Å². The normalized spacial score (nSPS) is 10.9. The van der Waals surface area contributed by atoms with Gasteiger partial charge in [-0.3, -0.25) is 9.78 Å². The van der Waals surface area contributed by atoms with E-state index >= 15 is 0 Å². The first-order valence-electron chi connectivity index (χ1n) is 8.17. The third-order valence-electron chi connectivity index (χ3n) is 3.92. The summed E-state index contributed by atoms with van der Waals surface area (Å²) in [7, 11) is 1.58. The highest BCUT2D eigenvalue weighted by molar-refractivity contribution is 7.99. The van der Waals surface area contributed by atoms with E-state index in [0.717, 1.165) is 11.3 Å². The Balaban J connectivity index is 1.56. The molecule has 0 fully saturated rings. The number of Topliss-reactive ketones (excluding diaryl/α,β-unsaturated/α-hetero) is 1. The summed E-state index contributed by atoms with van der Waals surface area (Å²) in [5.74, 6) is 0.868. The molecule has 0 unspecified atom stereocenters. The van der Waals surface area contributed by atoms with Gasteiger partial charge in [-0.2, -0.15) is 9.61 Å². The number of pyridine rings is 1. The fraction of sp³-hybridized carbons (Fsp3) is 0.105. The van der Waals surface area contributed by atoms with Gasteiger partial charge in [-0.05, 0) is 36.4 Å². The molecule has 0 radical (unpaired) electrons. The number of carbonyl (C=O) groups is 1. The van der Waals surface area contributed by atoms with Gasteiger partial charge in [0.05, 0.1) is 18.6 Å². The van der Waals surface area contributed by atoms with Gasteiger partial charge in [-0.25, -0.2) is 0 Å². The SMILES string of the molecule is COc1cccc(C(=O)CSc2nnc3ccc(-c4cccnc4)nn23)c1. The van der Waals surface area contributed by atoms with Crippen LogP contribution in [0.25, 0.3) is 16.9 Å². The summed E-state index contributed by atoms with van der Waals surface area (Å²) in [6.07, 6.45) is 3.46. The van der Waals surface area contributed by atoms with Crippen LogP contribution in [0.15, 0.2) is 66.1 Å². The smallest absolute Gasteiger partial charge is 0.212 e. The molecule has 27 heavy (non-hydrogen) atoms. The van der Waals surface area contributed by atoms with Crippen LogP contribution in [0.4, 0.5) is 0 Å². The minimum Gasteiger partial charge on any atom is -0.497 e. The van der Waals surface area contributed by atoms with Crippen LogP contribution >= 0.6 is 11.8 Å². The molecule has 4 rings (SSSR count). The molecule has 134 valence electrons. The van der Waals surface area contributed by atoms with Gasteiger partial charge < -0.3 is 4.74 Å². The van der Waals surface area contributed by atoms with Crippen LogP contribution in [0.1, 0.15) is 10.4 Å². The fourth-order valence-electron chi connectivity index (χ4n) is 2.54. The second kappa shape index (κ2) is 7.55. The van der Waals surface area contributed by atoms with Crippen LogP contribution in [-0.2, 0) is 0 Å². The van der Waals surface area contributed by atoms with Crippen molar-refractivity contribution in [3.63, 3.8) is 0 Å². The maximum atomic E-state index is 12.5. The number of carbonyl (C=O) groups excluding carboxylic acids is 1. The highest BCUT2D eigenvalue weighted by atomic mass is 32.2. The number of benzene rings is 1. The van der Waals surface area contributed by atoms with E-state index in [1.54, 1.807) is 48.3 Å². The van der Waals surface area contributed by atoms with Crippen molar-refractivity contribution < 1.29 is 9.53 Å². The molecular weight excluding hydrogens is 362 g/mol. The number of rotatable bonds is 6. The van der Waals surface area contributed by atoms with E-state index in [0.29, 0.717) is 22.1 Å². The lowest BCUT2D eigenvalue weighted by Crippen LogP contribution is -2.04. The number of nitrogens with zero attached hydrogens (tertiary/aromatic N) is 5. The van der Waals surface area contributed by atoms with E-state index in [1.165, 1.54) is 11.8 Å². The Morgan fingerprint density at radius 2 is 2.07 bits per heavy atom. The Bertz CT molecular complexity index is 1100. The molecule has 3 heterocycles. The third kappa shape index (κ3) is 3.65. The standard InChI is InChI=1S/C19H15N5O2S/c1-26-15-6-2-4-13(10-15)17(25)12-27-19-22-21-18-8-7-16(23-24(18)19)14-5-3-9-20-11-14/h2-11H,12H2,1H3. The van der Waals surface area contributed by atoms with E-state index < -0.39 is 0 Å². The average Bonchev–Trinajstić information content (AvgIpc) is 3.15. The molecule has 0 saturated heterocycles. The average molecular weight is 377 g/mol. The lowest BCUT2D eigenvalue weighted by Gasteiger charge is -2.04. The van der Waals surface area contributed by atoms with Crippen LogP contribution in [0.2, 0.25) is 0 Å². The number of hydrogen-bond donors (Lipinski definition) is 0. The summed E-state index contributed by atoms with van der Waals surface area (Å²) in [5, 5.41) is 13.4. The Labute approximate surface area is 159 Å². The van der Waals surface area contributed by atoms with Gasteiger partial charge in [0.15, 0.2) is 11.4 Å². The summed E-state index contributed by atoms with van der Waals surface area (Å²) in [6.45, 7) is 0. The molecule has 7 nitrogen and oxygen atoms in total. The number of fused-ring (bicyclic) bond motifs is 1. The van der Waals surface area contributed by atoms with Crippen molar-refractivity contribution in [2.75, 3.05) is 12.9 Å². The van der Waals surface area contributed by atoms with E-state index in [4.69, 9.17) is 4.74 Å². The van der Waals surface area contributed by atoms with Crippen molar-refractivity contribution in [1.82, 2.24) is 24.8 Å². The van der Waals surface area contributed by atoms with Gasteiger partial charge in [-0.1, -0.05) is 23.9 Å². The molecule has 4 aromatic rings. The number of ketones is 1. The van der Waals surface area contributed by atoms with E-state index in [2.05, 4.69) is 20.3 Å². The monoisotopic (exact) mass is 377 g/mol. The zero-order valence-corrected chi connectivity index (χ0v) is 15.3. The molecule has 3 aromatic heterocycles. The van der Waals surface area contributed by atoms with Crippen molar-refractivity contribution in [3.05, 3.63) is 66.5 Å². The summed E-state index contributed by atoms with van der Waals surface area (Å²) in [5.41, 5.74) is 2.88. The van der Waals surface area contributed by atoms with Crippen molar-refractivity contribution in [2.24, 2.45) is 0 Å². The van der Waals surface area contributed by atoms with Crippen LogP contribution in [0.3, 0.4) is 0 Å². The highest BCUT2D eigenvalue weighted by Gasteiger charge is 2.13. The second-order valence-corrected chi connectivity index (χ2v) is 6.60. The predicted molar refractivity (Wildman–Crippen MR) is 102 cm³/mol. The lowest BCUT2D eigenvalue weighted by molar-refractivity contribution is 0.102. The molecule has 0 aliphatic carbocycles. The third-order valence-corrected chi connectivity index (χ3v) is 4.83. The molecule has 8 heteroatoms. The first-order valence-corrected chi connectivity index (χ1v) is 9.16. The fourth-order valence-corrected chi connectivity index (χ4v) is 3.32. The number of hydrogen-bond acceptors (Lipinski definition) is 7. The Kier molecular flexibility index (Phi) is 4.80. The van der Waals surface area contributed by atoms with E-state index in [1.807, 2.05) is 24.3 Å². The summed E-state index contributed by atoms with van der Waals surface area (Å²) in [6, 6.07) is 14.6. The largest absolute Gasteiger partial charge is 0.497 e. The van der Waals surface area contributed by atoms with Gasteiger partial charge in [0.1, 0.15) is 5.75 Å². The molecule has 1 aromatic carbocycles. The Morgan fingerprint density at radius 3 is 2.89 bits per heavy atom. The topological polar surface area (TPSA) is 82.3 Å². The minimum atomic E-state index is -0.0148. The van der Waals surface area contributed by atoms with Crippen LogP contribution in [0.5, 0.6) is 5.75 Å². The van der Waals surface area contributed by atoms with Crippen LogP contribution in [-0.4, -0.2) is 43.4 Å². The molecule has 0 N–H and O–H groups in total. The maximum absolute atomic E-state index is 12.5. The van der Waals surface area contributed by atoms with Crippen molar-refractivity contribution in [2.45, 2.75) is 5.16 Å². The Morgan fingerprint density at radius 1 is 1.15 bits per heavy atom. The number of aromatic nitrogens is 5. The number of methoxy groups -OCH3 is 1. The first-order chi connectivity index (χ1) is 13.2. The van der Waals surface area contributed by atoms with Crippen LogP contribution in [0, 0.1) is 0 Å². The molecule has 0 amide bonds. The maximum Gasteiger partial charge on any atom is 0.212 e.